The Morgan fingerprint density at radius 1 is 1.34 bits per heavy atom. The first kappa shape index (κ1) is 21.5. The van der Waals surface area contributed by atoms with Crippen LogP contribution < -0.4 is 11.5 Å². The molecule has 8 N–H and O–H groups in total. The number of fused-ring (bicyclic) bond motifs is 1. The van der Waals surface area contributed by atoms with Gasteiger partial charge in [0.15, 0.2) is 17.7 Å². The number of ether oxygens (including phenoxy) is 1. The highest BCUT2D eigenvalue weighted by molar-refractivity contribution is 7.48. The largest absolute Gasteiger partial charge is 0.529 e. The summed E-state index contributed by atoms with van der Waals surface area (Å²) in [6, 6.07) is -1.53. The molecule has 160 valence electrons. The summed E-state index contributed by atoms with van der Waals surface area (Å²) >= 11 is 0. The van der Waals surface area contributed by atoms with Gasteiger partial charge in [0.2, 0.25) is 0 Å². The van der Waals surface area contributed by atoms with Gasteiger partial charge >= 0.3 is 13.8 Å². The van der Waals surface area contributed by atoms with Gasteiger partial charge < -0.3 is 36.0 Å². The summed E-state index contributed by atoms with van der Waals surface area (Å²) in [6.45, 7) is -1.52. The normalized spacial score (nSPS) is 27.6. The van der Waals surface area contributed by atoms with E-state index < -0.39 is 57.6 Å². The lowest BCUT2D eigenvalue weighted by Crippen LogP contribution is -2.36. The Morgan fingerprint density at radius 3 is 2.76 bits per heavy atom. The summed E-state index contributed by atoms with van der Waals surface area (Å²) < 4.78 is 27.5. The minimum atomic E-state index is -4.91. The average Bonchev–Trinajstić information content (AvgIpc) is 3.22. The molecule has 0 aliphatic carbocycles. The van der Waals surface area contributed by atoms with Gasteiger partial charge in [0.05, 0.1) is 19.5 Å². The standard InChI is InChI=1S/C13H19N6O9P/c14-5(1-20)13(23)28-29(24,25)26-2-6-8(21)9(22)12(27-6)19-4-18-7-10(15)16-3-17-11(7)19/h3-6,8-9,12,20-22H,1-2,14H2,(H,24,25)(H2,15,16,17)/t5-,6+,8+,9+,12-/m0/s1. The third kappa shape index (κ3) is 4.36. The number of hydrogen-bond acceptors (Lipinski definition) is 13. The Labute approximate surface area is 162 Å². The molecule has 1 aliphatic heterocycles. The number of aromatic nitrogens is 4. The van der Waals surface area contributed by atoms with Crippen LogP contribution in [0.1, 0.15) is 6.23 Å². The molecular formula is C13H19N6O9P. The number of anilines is 1. The molecule has 1 saturated heterocycles. The van der Waals surface area contributed by atoms with Crippen molar-refractivity contribution >= 4 is 30.8 Å². The van der Waals surface area contributed by atoms with E-state index in [0.29, 0.717) is 0 Å². The van der Waals surface area contributed by atoms with Gasteiger partial charge in [0.25, 0.3) is 0 Å². The zero-order valence-corrected chi connectivity index (χ0v) is 15.6. The van der Waals surface area contributed by atoms with E-state index in [1.807, 2.05) is 0 Å². The molecule has 1 fully saturated rings. The summed E-state index contributed by atoms with van der Waals surface area (Å²) in [5.74, 6) is -1.25. The molecule has 0 radical (unpaired) electrons. The van der Waals surface area contributed by atoms with Crippen LogP contribution in [0.4, 0.5) is 5.82 Å². The molecule has 1 aliphatic rings. The maximum Gasteiger partial charge on any atom is 0.529 e. The van der Waals surface area contributed by atoms with Gasteiger partial charge in [-0.2, -0.15) is 0 Å². The molecule has 0 bridgehead atoms. The van der Waals surface area contributed by atoms with Crippen LogP contribution >= 0.6 is 7.82 Å². The lowest BCUT2D eigenvalue weighted by molar-refractivity contribution is -0.138. The number of nitrogens with zero attached hydrogens (tertiary/aromatic N) is 4. The predicted octanol–water partition coefficient (Wildman–Crippen LogP) is -2.99. The van der Waals surface area contributed by atoms with Crippen LogP contribution in [0.5, 0.6) is 0 Å². The SMILES string of the molecule is Nc1ncnc2c1ncn2[C@H]1O[C@H](COP(=O)(O)OC(=O)[C@@H](N)CO)[C@@H](O)[C@H]1O. The first-order valence-corrected chi connectivity index (χ1v) is 9.66. The van der Waals surface area contributed by atoms with Crippen LogP contribution in [0.3, 0.4) is 0 Å². The third-order valence-corrected chi connectivity index (χ3v) is 4.99. The molecule has 0 spiro atoms. The first-order chi connectivity index (χ1) is 13.6. The van der Waals surface area contributed by atoms with Gasteiger partial charge in [-0.25, -0.2) is 24.3 Å². The van der Waals surface area contributed by atoms with Crippen molar-refractivity contribution in [2.24, 2.45) is 5.73 Å². The maximum absolute atomic E-state index is 11.8. The summed E-state index contributed by atoms with van der Waals surface area (Å²) in [6.07, 6.45) is -2.97. The molecule has 6 atom stereocenters. The lowest BCUT2D eigenvalue weighted by Gasteiger charge is -2.18. The fourth-order valence-electron chi connectivity index (χ4n) is 2.60. The van der Waals surface area contributed by atoms with Crippen LogP contribution in [0, 0.1) is 0 Å². The van der Waals surface area contributed by atoms with E-state index in [4.69, 9.17) is 21.3 Å². The van der Waals surface area contributed by atoms with E-state index in [2.05, 4.69) is 24.0 Å². The maximum atomic E-state index is 11.8. The quantitative estimate of drug-likeness (QED) is 0.238. The molecule has 16 heteroatoms. The summed E-state index contributed by atoms with van der Waals surface area (Å²) in [5, 5.41) is 29.2. The predicted molar refractivity (Wildman–Crippen MR) is 92.6 cm³/mol. The Hall–Kier alpha value is -2.23. The fraction of sp³-hybridized carbons (Fsp3) is 0.538. The average molecular weight is 434 g/mol. The number of rotatable bonds is 7. The zero-order valence-electron chi connectivity index (χ0n) is 14.7. The summed E-state index contributed by atoms with van der Waals surface area (Å²) in [5.41, 5.74) is 11.4. The van der Waals surface area contributed by atoms with Gasteiger partial charge in [-0.15, -0.1) is 0 Å². The van der Waals surface area contributed by atoms with Crippen molar-refractivity contribution in [3.05, 3.63) is 12.7 Å². The number of phosphoric acid groups is 1. The number of hydrogen-bond donors (Lipinski definition) is 6. The minimum Gasteiger partial charge on any atom is -0.394 e. The van der Waals surface area contributed by atoms with E-state index in [9.17, 15) is 24.5 Å². The molecule has 2 aromatic rings. The summed E-state index contributed by atoms with van der Waals surface area (Å²) in [4.78, 5) is 32.8. The molecule has 2 aromatic heterocycles. The second kappa shape index (κ2) is 8.25. The van der Waals surface area contributed by atoms with E-state index in [-0.39, 0.29) is 17.0 Å². The van der Waals surface area contributed by atoms with E-state index >= 15 is 0 Å². The fourth-order valence-corrected chi connectivity index (χ4v) is 3.35. The highest BCUT2D eigenvalue weighted by Gasteiger charge is 2.45. The van der Waals surface area contributed by atoms with E-state index in [0.717, 1.165) is 0 Å². The minimum absolute atomic E-state index is 0.103. The van der Waals surface area contributed by atoms with Crippen LogP contribution in [0.15, 0.2) is 12.7 Å². The second-order valence-corrected chi connectivity index (χ2v) is 7.47. The number of nitrogens with two attached hydrogens (primary N) is 2. The monoisotopic (exact) mass is 434 g/mol. The molecule has 1 unspecified atom stereocenters. The van der Waals surface area contributed by atoms with Crippen molar-refractivity contribution in [3.8, 4) is 0 Å². The molecular weight excluding hydrogens is 415 g/mol. The van der Waals surface area contributed by atoms with Gasteiger partial charge in [0.1, 0.15) is 36.2 Å². The van der Waals surface area contributed by atoms with Crippen molar-refractivity contribution in [2.75, 3.05) is 18.9 Å². The highest BCUT2D eigenvalue weighted by atomic mass is 31.2. The Bertz CT molecular complexity index is 941. The molecule has 3 rings (SSSR count). The summed E-state index contributed by atoms with van der Waals surface area (Å²) in [7, 11) is -4.91. The van der Waals surface area contributed by atoms with Crippen molar-refractivity contribution in [3.63, 3.8) is 0 Å². The molecule has 3 heterocycles. The second-order valence-electron chi connectivity index (χ2n) is 6.09. The lowest BCUT2D eigenvalue weighted by atomic mass is 10.1. The van der Waals surface area contributed by atoms with E-state index in [1.165, 1.54) is 17.2 Å². The third-order valence-electron chi connectivity index (χ3n) is 4.11. The number of carbonyl (C=O) groups is 1. The Balaban J connectivity index is 1.69. The highest BCUT2D eigenvalue weighted by Crippen LogP contribution is 2.44. The molecule has 0 amide bonds. The van der Waals surface area contributed by atoms with Gasteiger partial charge in [-0.05, 0) is 0 Å². The number of phosphoric ester groups is 1. The van der Waals surface area contributed by atoms with E-state index in [1.54, 1.807) is 0 Å². The van der Waals surface area contributed by atoms with Crippen molar-refractivity contribution in [1.82, 2.24) is 19.5 Å². The molecule has 15 nitrogen and oxygen atoms in total. The zero-order chi connectivity index (χ0) is 21.3. The molecule has 0 saturated carbocycles. The van der Waals surface area contributed by atoms with Crippen molar-refractivity contribution < 1.29 is 43.4 Å². The van der Waals surface area contributed by atoms with Crippen LogP contribution in [0.25, 0.3) is 11.2 Å². The Kier molecular flexibility index (Phi) is 6.11. The van der Waals surface area contributed by atoms with Crippen LogP contribution in [-0.2, 0) is 23.1 Å². The number of imidazole rings is 1. The van der Waals surface area contributed by atoms with Gasteiger partial charge in [-0.3, -0.25) is 14.0 Å². The van der Waals surface area contributed by atoms with Crippen molar-refractivity contribution in [2.45, 2.75) is 30.6 Å². The first-order valence-electron chi connectivity index (χ1n) is 8.16. The van der Waals surface area contributed by atoms with Crippen molar-refractivity contribution in [1.29, 1.82) is 0 Å². The van der Waals surface area contributed by atoms with Crippen LogP contribution in [-0.4, -0.2) is 83.3 Å². The number of carbonyl (C=O) groups excluding carboxylic acids is 1. The number of aliphatic hydroxyl groups excluding tert-OH is 3. The molecule has 0 aromatic carbocycles. The topological polar surface area (TPSA) is 238 Å². The smallest absolute Gasteiger partial charge is 0.394 e. The molecule has 29 heavy (non-hydrogen) atoms. The Morgan fingerprint density at radius 2 is 2.07 bits per heavy atom. The van der Waals surface area contributed by atoms with Gasteiger partial charge in [-0.1, -0.05) is 0 Å². The van der Waals surface area contributed by atoms with Gasteiger partial charge in [0, 0.05) is 0 Å². The number of nitrogen functional groups attached to an aromatic ring is 1. The number of aliphatic hydroxyl groups is 3. The van der Waals surface area contributed by atoms with Crippen LogP contribution in [0.2, 0.25) is 0 Å².